The van der Waals surface area contributed by atoms with Crippen molar-refractivity contribution in [3.63, 3.8) is 0 Å². The molecule has 2 rings (SSSR count). The quantitative estimate of drug-likeness (QED) is 0.856. The van der Waals surface area contributed by atoms with Gasteiger partial charge in [0.2, 0.25) is 5.91 Å². The number of rotatable bonds is 5. The summed E-state index contributed by atoms with van der Waals surface area (Å²) in [4.78, 5) is 12.1. The third kappa shape index (κ3) is 3.63. The van der Waals surface area contributed by atoms with Gasteiger partial charge in [0.25, 0.3) is 0 Å². The van der Waals surface area contributed by atoms with Crippen LogP contribution in [0, 0.1) is 0 Å². The zero-order valence-electron chi connectivity index (χ0n) is 12.1. The maximum atomic E-state index is 12.1. The lowest BCUT2D eigenvalue weighted by molar-refractivity contribution is -0.123. The van der Waals surface area contributed by atoms with E-state index < -0.39 is 0 Å². The monoisotopic (exact) mass is 278 g/mol. The number of methoxy groups -OCH3 is 2. The topological polar surface area (TPSA) is 59.6 Å². The van der Waals surface area contributed by atoms with Crippen LogP contribution >= 0.6 is 0 Å². The number of carbonyl (C=O) groups is 1. The van der Waals surface area contributed by atoms with Crippen molar-refractivity contribution in [2.24, 2.45) is 0 Å². The van der Waals surface area contributed by atoms with Crippen molar-refractivity contribution in [2.75, 3.05) is 20.8 Å². The highest BCUT2D eigenvalue weighted by Gasteiger charge is 2.20. The molecular weight excluding hydrogens is 256 g/mol. The van der Waals surface area contributed by atoms with Gasteiger partial charge in [-0.3, -0.25) is 4.79 Å². The Bertz CT molecular complexity index is 456. The van der Waals surface area contributed by atoms with E-state index in [0.717, 1.165) is 42.9 Å². The molecule has 2 N–H and O–H groups in total. The Morgan fingerprint density at radius 2 is 2.20 bits per heavy atom. The molecule has 1 heterocycles. The van der Waals surface area contributed by atoms with Gasteiger partial charge in [0.1, 0.15) is 11.5 Å². The van der Waals surface area contributed by atoms with Crippen molar-refractivity contribution in [1.29, 1.82) is 0 Å². The second-order valence-corrected chi connectivity index (χ2v) is 4.90. The van der Waals surface area contributed by atoms with Crippen LogP contribution in [-0.4, -0.2) is 32.7 Å². The van der Waals surface area contributed by atoms with Crippen molar-refractivity contribution < 1.29 is 14.3 Å². The number of hydrogen-bond donors (Lipinski definition) is 2. The van der Waals surface area contributed by atoms with E-state index in [1.54, 1.807) is 14.2 Å². The Balaban J connectivity index is 1.96. The molecule has 1 aromatic rings. The predicted octanol–water partition coefficient (Wildman–Crippen LogP) is 1.46. The third-order valence-electron chi connectivity index (χ3n) is 3.57. The van der Waals surface area contributed by atoms with Gasteiger partial charge in [0.05, 0.1) is 20.3 Å². The van der Waals surface area contributed by atoms with E-state index in [0.29, 0.717) is 6.54 Å². The van der Waals surface area contributed by atoms with Crippen LogP contribution in [0.15, 0.2) is 18.2 Å². The lowest BCUT2D eigenvalue weighted by Gasteiger charge is -2.22. The highest BCUT2D eigenvalue weighted by molar-refractivity contribution is 5.81. The van der Waals surface area contributed by atoms with Gasteiger partial charge in [-0.1, -0.05) is 6.42 Å². The summed E-state index contributed by atoms with van der Waals surface area (Å²) >= 11 is 0. The van der Waals surface area contributed by atoms with Crippen LogP contribution in [0.4, 0.5) is 0 Å². The number of hydrogen-bond acceptors (Lipinski definition) is 4. The summed E-state index contributed by atoms with van der Waals surface area (Å²) in [6, 6.07) is 5.50. The van der Waals surface area contributed by atoms with Gasteiger partial charge in [-0.05, 0) is 37.6 Å². The van der Waals surface area contributed by atoms with Crippen molar-refractivity contribution in [2.45, 2.75) is 31.8 Å². The van der Waals surface area contributed by atoms with Crippen molar-refractivity contribution in [3.05, 3.63) is 23.8 Å². The van der Waals surface area contributed by atoms with Crippen molar-refractivity contribution >= 4 is 5.91 Å². The maximum absolute atomic E-state index is 12.1. The smallest absolute Gasteiger partial charge is 0.237 e. The first-order valence-electron chi connectivity index (χ1n) is 6.96. The van der Waals surface area contributed by atoms with Gasteiger partial charge in [-0.25, -0.2) is 0 Å². The Kier molecular flexibility index (Phi) is 5.24. The molecule has 20 heavy (non-hydrogen) atoms. The van der Waals surface area contributed by atoms with Crippen LogP contribution in [-0.2, 0) is 11.3 Å². The first-order valence-corrected chi connectivity index (χ1v) is 6.96. The molecule has 1 aliphatic heterocycles. The fourth-order valence-electron chi connectivity index (χ4n) is 2.40. The minimum Gasteiger partial charge on any atom is -0.497 e. The minimum atomic E-state index is -0.0691. The van der Waals surface area contributed by atoms with Crippen LogP contribution in [0.1, 0.15) is 24.8 Å². The van der Waals surface area contributed by atoms with Crippen LogP contribution < -0.4 is 20.1 Å². The molecule has 1 saturated heterocycles. The molecule has 1 amide bonds. The SMILES string of the molecule is COc1ccc(OC)c(CNC(=O)C2CCCCN2)c1. The lowest BCUT2D eigenvalue weighted by atomic mass is 10.0. The number of piperidine rings is 1. The minimum absolute atomic E-state index is 0.0505. The molecule has 1 fully saturated rings. The summed E-state index contributed by atoms with van der Waals surface area (Å²) in [5.41, 5.74) is 0.913. The summed E-state index contributed by atoms with van der Waals surface area (Å²) in [5, 5.41) is 6.20. The van der Waals surface area contributed by atoms with Crippen molar-refractivity contribution in [1.82, 2.24) is 10.6 Å². The largest absolute Gasteiger partial charge is 0.497 e. The van der Waals surface area contributed by atoms with E-state index in [-0.39, 0.29) is 11.9 Å². The number of benzene rings is 1. The van der Waals surface area contributed by atoms with Crippen LogP contribution in [0.25, 0.3) is 0 Å². The number of amides is 1. The molecule has 1 unspecified atom stereocenters. The van der Waals surface area contributed by atoms with Gasteiger partial charge in [-0.15, -0.1) is 0 Å². The van der Waals surface area contributed by atoms with E-state index >= 15 is 0 Å². The van der Waals surface area contributed by atoms with Gasteiger partial charge in [-0.2, -0.15) is 0 Å². The normalized spacial score (nSPS) is 18.4. The molecule has 110 valence electrons. The first-order chi connectivity index (χ1) is 9.74. The number of ether oxygens (including phenoxy) is 2. The van der Waals surface area contributed by atoms with Gasteiger partial charge >= 0.3 is 0 Å². The van der Waals surface area contributed by atoms with Crippen LogP contribution in [0.3, 0.4) is 0 Å². The summed E-state index contributed by atoms with van der Waals surface area (Å²) in [6.07, 6.45) is 3.15. The van der Waals surface area contributed by atoms with Gasteiger partial charge in [0.15, 0.2) is 0 Å². The third-order valence-corrected chi connectivity index (χ3v) is 3.57. The second kappa shape index (κ2) is 7.14. The summed E-state index contributed by atoms with van der Waals surface area (Å²) in [5.74, 6) is 1.56. The summed E-state index contributed by atoms with van der Waals surface area (Å²) in [6.45, 7) is 1.36. The van der Waals surface area contributed by atoms with E-state index in [9.17, 15) is 4.79 Å². The van der Waals surface area contributed by atoms with E-state index in [4.69, 9.17) is 9.47 Å². The standard InChI is InChI=1S/C15H22N2O3/c1-19-12-6-7-14(20-2)11(9-12)10-17-15(18)13-5-3-4-8-16-13/h6-7,9,13,16H,3-5,8,10H2,1-2H3,(H,17,18). The summed E-state index contributed by atoms with van der Waals surface area (Å²) in [7, 11) is 3.24. The zero-order valence-corrected chi connectivity index (χ0v) is 12.1. The average Bonchev–Trinajstić information content (AvgIpc) is 2.53. The molecule has 0 aromatic heterocycles. The van der Waals surface area contributed by atoms with Crippen molar-refractivity contribution in [3.8, 4) is 11.5 Å². The zero-order chi connectivity index (χ0) is 14.4. The van der Waals surface area contributed by atoms with E-state index in [2.05, 4.69) is 10.6 Å². The molecule has 0 spiro atoms. The predicted molar refractivity (Wildman–Crippen MR) is 77.0 cm³/mol. The Morgan fingerprint density at radius 1 is 1.35 bits per heavy atom. The lowest BCUT2D eigenvalue weighted by Crippen LogP contribution is -2.46. The molecule has 1 atom stereocenters. The number of carbonyl (C=O) groups excluding carboxylic acids is 1. The maximum Gasteiger partial charge on any atom is 0.237 e. The highest BCUT2D eigenvalue weighted by atomic mass is 16.5. The van der Waals surface area contributed by atoms with Gasteiger partial charge < -0.3 is 20.1 Å². The molecule has 0 aliphatic carbocycles. The number of nitrogens with one attached hydrogen (secondary N) is 2. The average molecular weight is 278 g/mol. The Morgan fingerprint density at radius 3 is 2.85 bits per heavy atom. The molecule has 1 aromatic carbocycles. The second-order valence-electron chi connectivity index (χ2n) is 4.90. The summed E-state index contributed by atoms with van der Waals surface area (Å²) < 4.78 is 10.5. The van der Waals surface area contributed by atoms with Gasteiger partial charge in [0, 0.05) is 12.1 Å². The molecule has 5 heteroatoms. The van der Waals surface area contributed by atoms with Crippen LogP contribution in [0.5, 0.6) is 11.5 Å². The van der Waals surface area contributed by atoms with E-state index in [1.807, 2.05) is 18.2 Å². The Labute approximate surface area is 119 Å². The molecule has 1 aliphatic rings. The first kappa shape index (κ1) is 14.7. The molecule has 0 saturated carbocycles. The highest BCUT2D eigenvalue weighted by Crippen LogP contribution is 2.23. The molecule has 0 bridgehead atoms. The fourth-order valence-corrected chi connectivity index (χ4v) is 2.40. The fraction of sp³-hybridized carbons (Fsp3) is 0.533. The molecule has 0 radical (unpaired) electrons. The van der Waals surface area contributed by atoms with Crippen LogP contribution in [0.2, 0.25) is 0 Å². The molecular formula is C15H22N2O3. The Hall–Kier alpha value is -1.75. The molecule has 5 nitrogen and oxygen atoms in total. The van der Waals surface area contributed by atoms with E-state index in [1.165, 1.54) is 0 Å².